The summed E-state index contributed by atoms with van der Waals surface area (Å²) in [6.07, 6.45) is 7.04. The average Bonchev–Trinajstić information content (AvgIpc) is 3.36. The first kappa shape index (κ1) is 23.3. The Morgan fingerprint density at radius 3 is 2.91 bits per heavy atom. The molecule has 0 radical (unpaired) electrons. The Balaban J connectivity index is 1.60. The lowest BCUT2D eigenvalue weighted by atomic mass is 9.77. The molecule has 1 aliphatic heterocycles. The van der Waals surface area contributed by atoms with E-state index in [1.165, 1.54) is 6.42 Å². The third kappa shape index (κ3) is 4.20. The van der Waals surface area contributed by atoms with Gasteiger partial charge in [0.1, 0.15) is 11.2 Å². The SMILES string of the molecule is CCCSCCCN1C(=O)c2cc3occc3n2CC1(C)C(=O)NC1CCCC(C)C1C. The summed E-state index contributed by atoms with van der Waals surface area (Å²) in [6.45, 7) is 9.66. The molecule has 2 aromatic heterocycles. The van der Waals surface area contributed by atoms with Crippen LogP contribution in [-0.2, 0) is 11.3 Å². The summed E-state index contributed by atoms with van der Waals surface area (Å²) in [4.78, 5) is 29.2. The molecule has 0 saturated heterocycles. The van der Waals surface area contributed by atoms with Gasteiger partial charge in [-0.3, -0.25) is 9.59 Å². The quantitative estimate of drug-likeness (QED) is 0.569. The zero-order valence-corrected chi connectivity index (χ0v) is 20.7. The lowest BCUT2D eigenvalue weighted by Crippen LogP contribution is -2.65. The first-order chi connectivity index (χ1) is 15.4. The first-order valence-electron chi connectivity index (χ1n) is 12.1. The number of furan rings is 1. The molecule has 1 aliphatic carbocycles. The van der Waals surface area contributed by atoms with Crippen LogP contribution < -0.4 is 5.32 Å². The highest BCUT2D eigenvalue weighted by Gasteiger charge is 2.48. The average molecular weight is 460 g/mol. The van der Waals surface area contributed by atoms with Gasteiger partial charge in [-0.2, -0.15) is 11.8 Å². The van der Waals surface area contributed by atoms with Gasteiger partial charge in [-0.05, 0) is 49.5 Å². The Morgan fingerprint density at radius 1 is 1.31 bits per heavy atom. The van der Waals surface area contributed by atoms with E-state index in [2.05, 4.69) is 26.1 Å². The largest absolute Gasteiger partial charge is 0.463 e. The maximum absolute atomic E-state index is 13.8. The van der Waals surface area contributed by atoms with Crippen LogP contribution in [0.15, 0.2) is 22.8 Å². The molecule has 2 aliphatic rings. The van der Waals surface area contributed by atoms with Crippen LogP contribution >= 0.6 is 11.8 Å². The van der Waals surface area contributed by atoms with Crippen molar-refractivity contribution in [1.29, 1.82) is 0 Å². The van der Waals surface area contributed by atoms with Crippen LogP contribution in [0.25, 0.3) is 11.1 Å². The van der Waals surface area contributed by atoms with Gasteiger partial charge in [-0.25, -0.2) is 0 Å². The summed E-state index contributed by atoms with van der Waals surface area (Å²) in [6, 6.07) is 3.87. The number of rotatable bonds is 8. The Bertz CT molecular complexity index is 967. The van der Waals surface area contributed by atoms with Crippen LogP contribution in [0.5, 0.6) is 0 Å². The lowest BCUT2D eigenvalue weighted by molar-refractivity contribution is -0.134. The molecule has 1 N–H and O–H groups in total. The number of aromatic nitrogens is 1. The number of hydrogen-bond acceptors (Lipinski definition) is 4. The number of amides is 2. The summed E-state index contributed by atoms with van der Waals surface area (Å²) >= 11 is 1.91. The summed E-state index contributed by atoms with van der Waals surface area (Å²) in [7, 11) is 0. The van der Waals surface area contributed by atoms with Crippen molar-refractivity contribution in [3.05, 3.63) is 24.1 Å². The van der Waals surface area contributed by atoms with E-state index in [4.69, 9.17) is 4.42 Å². The van der Waals surface area contributed by atoms with Crippen molar-refractivity contribution >= 4 is 34.7 Å². The number of fused-ring (bicyclic) bond motifs is 3. The van der Waals surface area contributed by atoms with Gasteiger partial charge >= 0.3 is 0 Å². The van der Waals surface area contributed by atoms with Crippen molar-refractivity contribution in [2.75, 3.05) is 18.1 Å². The second kappa shape index (κ2) is 9.54. The monoisotopic (exact) mass is 459 g/mol. The van der Waals surface area contributed by atoms with Crippen LogP contribution in [0.1, 0.15) is 70.3 Å². The summed E-state index contributed by atoms with van der Waals surface area (Å²) in [5.74, 6) is 3.05. The second-order valence-corrected chi connectivity index (χ2v) is 11.1. The minimum Gasteiger partial charge on any atom is -0.463 e. The topological polar surface area (TPSA) is 67.5 Å². The van der Waals surface area contributed by atoms with Gasteiger partial charge in [0.05, 0.1) is 18.3 Å². The van der Waals surface area contributed by atoms with E-state index < -0.39 is 5.54 Å². The molecule has 4 atom stereocenters. The van der Waals surface area contributed by atoms with Crippen LogP contribution in [0.2, 0.25) is 0 Å². The van der Waals surface area contributed by atoms with Gasteiger partial charge in [0.2, 0.25) is 5.91 Å². The molecule has 7 heteroatoms. The maximum Gasteiger partial charge on any atom is 0.271 e. The Kier molecular flexibility index (Phi) is 6.94. The van der Waals surface area contributed by atoms with Crippen molar-refractivity contribution in [3.63, 3.8) is 0 Å². The van der Waals surface area contributed by atoms with E-state index in [-0.39, 0.29) is 17.9 Å². The molecule has 32 heavy (non-hydrogen) atoms. The Labute approximate surface area is 195 Å². The highest BCUT2D eigenvalue weighted by Crippen LogP contribution is 2.34. The molecule has 1 fully saturated rings. The lowest BCUT2D eigenvalue weighted by Gasteiger charge is -2.45. The fourth-order valence-electron chi connectivity index (χ4n) is 5.30. The van der Waals surface area contributed by atoms with Crippen molar-refractivity contribution in [1.82, 2.24) is 14.8 Å². The van der Waals surface area contributed by atoms with Crippen LogP contribution in [0.3, 0.4) is 0 Å². The third-order valence-electron chi connectivity index (χ3n) is 7.58. The molecular formula is C25H37N3O3S. The van der Waals surface area contributed by atoms with Gasteiger partial charge in [0.15, 0.2) is 5.58 Å². The predicted octanol–water partition coefficient (Wildman–Crippen LogP) is 4.92. The van der Waals surface area contributed by atoms with E-state index in [9.17, 15) is 9.59 Å². The minimum atomic E-state index is -0.927. The molecule has 6 nitrogen and oxygen atoms in total. The Morgan fingerprint density at radius 2 is 2.12 bits per heavy atom. The summed E-state index contributed by atoms with van der Waals surface area (Å²) in [5.41, 5.74) is 1.27. The predicted molar refractivity (Wildman–Crippen MR) is 130 cm³/mol. The molecule has 3 heterocycles. The fraction of sp³-hybridized carbons (Fsp3) is 0.680. The molecule has 0 aromatic carbocycles. The number of nitrogens with one attached hydrogen (secondary N) is 1. The highest BCUT2D eigenvalue weighted by molar-refractivity contribution is 7.99. The first-order valence-corrected chi connectivity index (χ1v) is 13.3. The molecule has 2 aromatic rings. The number of carbonyl (C=O) groups is 2. The number of thioether (sulfide) groups is 1. The van der Waals surface area contributed by atoms with Crippen LogP contribution in [-0.4, -0.2) is 50.9 Å². The van der Waals surface area contributed by atoms with Crippen LogP contribution in [0.4, 0.5) is 0 Å². The van der Waals surface area contributed by atoms with E-state index in [0.29, 0.717) is 36.2 Å². The van der Waals surface area contributed by atoms with Gasteiger partial charge in [-0.15, -0.1) is 0 Å². The van der Waals surface area contributed by atoms with Crippen molar-refractivity contribution in [2.24, 2.45) is 11.8 Å². The zero-order chi connectivity index (χ0) is 22.9. The van der Waals surface area contributed by atoms with Crippen molar-refractivity contribution in [3.8, 4) is 0 Å². The number of nitrogens with zero attached hydrogens (tertiary/aromatic N) is 2. The van der Waals surface area contributed by atoms with Crippen LogP contribution in [0, 0.1) is 11.8 Å². The second-order valence-electron chi connectivity index (χ2n) is 9.83. The van der Waals surface area contributed by atoms with Gasteiger partial charge in [-0.1, -0.05) is 33.6 Å². The van der Waals surface area contributed by atoms with E-state index in [1.807, 2.05) is 40.3 Å². The van der Waals surface area contributed by atoms with Gasteiger partial charge < -0.3 is 19.2 Å². The minimum absolute atomic E-state index is 0.0333. The highest BCUT2D eigenvalue weighted by atomic mass is 32.2. The fourth-order valence-corrected chi connectivity index (χ4v) is 6.13. The smallest absolute Gasteiger partial charge is 0.271 e. The molecule has 0 spiro atoms. The van der Waals surface area contributed by atoms with E-state index in [1.54, 1.807) is 6.26 Å². The molecule has 0 bridgehead atoms. The maximum atomic E-state index is 13.8. The number of hydrogen-bond donors (Lipinski definition) is 1. The van der Waals surface area contributed by atoms with Crippen molar-refractivity contribution < 1.29 is 14.0 Å². The van der Waals surface area contributed by atoms with Gasteiger partial charge in [0.25, 0.3) is 5.91 Å². The normalized spacial score (nSPS) is 28.2. The molecule has 2 amide bonds. The van der Waals surface area contributed by atoms with Crippen molar-refractivity contribution in [2.45, 2.75) is 77.9 Å². The van der Waals surface area contributed by atoms with Gasteiger partial charge in [0, 0.05) is 24.7 Å². The molecule has 176 valence electrons. The van der Waals surface area contributed by atoms with E-state index >= 15 is 0 Å². The molecule has 4 rings (SSSR count). The summed E-state index contributed by atoms with van der Waals surface area (Å²) in [5, 5.41) is 3.36. The van der Waals surface area contributed by atoms with E-state index in [0.717, 1.165) is 42.7 Å². The molecular weight excluding hydrogens is 422 g/mol. The number of carbonyl (C=O) groups excluding carboxylic acids is 2. The molecule has 4 unspecified atom stereocenters. The Hall–Kier alpha value is -1.89. The third-order valence-corrected chi connectivity index (χ3v) is 8.85. The summed E-state index contributed by atoms with van der Waals surface area (Å²) < 4.78 is 7.53. The standard InChI is InChI=1S/C25H37N3O3S/c1-5-13-32-14-7-11-28-23(29)21-15-22-20(10-12-31-22)27(21)16-25(28,4)24(30)26-19-9-6-8-17(2)18(19)3/h10,12,15,17-19H,5-9,11,13-14,16H2,1-4H3,(H,26,30). The zero-order valence-electron chi connectivity index (χ0n) is 19.9. The molecule has 1 saturated carbocycles.